The van der Waals surface area contributed by atoms with Gasteiger partial charge in [0.15, 0.2) is 5.84 Å². The Labute approximate surface area is 77.2 Å². The number of halogens is 1. The summed E-state index contributed by atoms with van der Waals surface area (Å²) in [5.74, 6) is 0.319. The first kappa shape index (κ1) is 10.2. The maximum atomic E-state index is 12.3. The molecule has 0 spiro atoms. The zero-order chi connectivity index (χ0) is 9.68. The van der Waals surface area contributed by atoms with E-state index in [0.717, 1.165) is 19.4 Å². The first-order valence-electron chi connectivity index (χ1n) is 4.51. The summed E-state index contributed by atoms with van der Waals surface area (Å²) in [7, 11) is 0. The van der Waals surface area contributed by atoms with Crippen LogP contribution in [0.25, 0.3) is 0 Å². The number of piperidine rings is 1. The van der Waals surface area contributed by atoms with Gasteiger partial charge in [-0.05, 0) is 19.4 Å². The zero-order valence-corrected chi connectivity index (χ0v) is 7.62. The van der Waals surface area contributed by atoms with Crippen LogP contribution in [0.2, 0.25) is 0 Å². The second kappa shape index (κ2) is 5.01. The van der Waals surface area contributed by atoms with Gasteiger partial charge < -0.3 is 10.9 Å². The molecule has 76 valence electrons. The van der Waals surface area contributed by atoms with Crippen LogP contribution in [-0.2, 0) is 0 Å². The number of nitrogens with two attached hydrogens (primary N) is 1. The van der Waals surface area contributed by atoms with Gasteiger partial charge in [-0.2, -0.15) is 0 Å². The number of amidine groups is 1. The Hall–Kier alpha value is -0.840. The standard InChI is InChI=1S/C8H16FN3O/c9-4-7-2-1-3-12(5-7)6-8(10)11-13/h7,13H,1-6H2,(H2,10,11). The lowest BCUT2D eigenvalue weighted by molar-refractivity contribution is 0.169. The summed E-state index contributed by atoms with van der Waals surface area (Å²) >= 11 is 0. The topological polar surface area (TPSA) is 61.8 Å². The van der Waals surface area contributed by atoms with Gasteiger partial charge in [0, 0.05) is 12.5 Å². The highest BCUT2D eigenvalue weighted by atomic mass is 19.1. The second-order valence-electron chi connectivity index (χ2n) is 3.49. The van der Waals surface area contributed by atoms with Crippen molar-refractivity contribution in [2.45, 2.75) is 12.8 Å². The largest absolute Gasteiger partial charge is 0.409 e. The Balaban J connectivity index is 2.34. The van der Waals surface area contributed by atoms with Gasteiger partial charge in [-0.1, -0.05) is 5.16 Å². The highest BCUT2D eigenvalue weighted by Crippen LogP contribution is 2.16. The van der Waals surface area contributed by atoms with Gasteiger partial charge in [0.05, 0.1) is 13.2 Å². The van der Waals surface area contributed by atoms with Gasteiger partial charge in [-0.25, -0.2) is 0 Å². The molecule has 1 aliphatic rings. The van der Waals surface area contributed by atoms with Crippen LogP contribution in [0.15, 0.2) is 5.16 Å². The Morgan fingerprint density at radius 1 is 1.69 bits per heavy atom. The monoisotopic (exact) mass is 189 g/mol. The molecule has 1 unspecified atom stereocenters. The highest BCUT2D eigenvalue weighted by molar-refractivity contribution is 5.81. The van der Waals surface area contributed by atoms with Crippen LogP contribution < -0.4 is 5.73 Å². The van der Waals surface area contributed by atoms with Crippen molar-refractivity contribution in [3.05, 3.63) is 0 Å². The first-order valence-corrected chi connectivity index (χ1v) is 4.51. The molecule has 4 nitrogen and oxygen atoms in total. The molecule has 1 atom stereocenters. The van der Waals surface area contributed by atoms with Gasteiger partial charge in [-0.15, -0.1) is 0 Å². The third kappa shape index (κ3) is 3.18. The van der Waals surface area contributed by atoms with E-state index in [2.05, 4.69) is 5.16 Å². The van der Waals surface area contributed by atoms with Gasteiger partial charge in [-0.3, -0.25) is 9.29 Å². The maximum absolute atomic E-state index is 12.3. The second-order valence-corrected chi connectivity index (χ2v) is 3.49. The Kier molecular flexibility index (Phi) is 3.95. The van der Waals surface area contributed by atoms with E-state index < -0.39 is 0 Å². The lowest BCUT2D eigenvalue weighted by Gasteiger charge is -2.30. The van der Waals surface area contributed by atoms with Gasteiger partial charge >= 0.3 is 0 Å². The molecular formula is C8H16FN3O. The average Bonchev–Trinajstić information content (AvgIpc) is 2.18. The molecule has 1 saturated heterocycles. The van der Waals surface area contributed by atoms with E-state index in [1.54, 1.807) is 0 Å². The molecule has 0 saturated carbocycles. The lowest BCUT2D eigenvalue weighted by atomic mass is 10.00. The summed E-state index contributed by atoms with van der Waals surface area (Å²) in [5, 5.41) is 11.2. The van der Waals surface area contributed by atoms with Crippen LogP contribution in [0.4, 0.5) is 4.39 Å². The van der Waals surface area contributed by atoms with E-state index in [1.807, 2.05) is 4.90 Å². The van der Waals surface area contributed by atoms with Crippen LogP contribution in [0, 0.1) is 5.92 Å². The summed E-state index contributed by atoms with van der Waals surface area (Å²) in [5.41, 5.74) is 5.36. The molecule has 1 aliphatic heterocycles. The molecule has 0 bridgehead atoms. The Morgan fingerprint density at radius 3 is 3.08 bits per heavy atom. The lowest BCUT2D eigenvalue weighted by Crippen LogP contribution is -2.41. The van der Waals surface area contributed by atoms with Crippen molar-refractivity contribution in [2.75, 3.05) is 26.3 Å². The van der Waals surface area contributed by atoms with Gasteiger partial charge in [0.25, 0.3) is 0 Å². The molecule has 1 rings (SSSR count). The number of likely N-dealkylation sites (tertiary alicyclic amines) is 1. The SMILES string of the molecule is NC(CN1CCCC(CF)C1)=NO. The predicted molar refractivity (Wildman–Crippen MR) is 48.5 cm³/mol. The number of hydrogen-bond acceptors (Lipinski definition) is 3. The molecule has 0 aliphatic carbocycles. The Morgan fingerprint density at radius 2 is 2.46 bits per heavy atom. The van der Waals surface area contributed by atoms with Crippen LogP contribution in [0.5, 0.6) is 0 Å². The minimum atomic E-state index is -0.271. The van der Waals surface area contributed by atoms with Crippen molar-refractivity contribution in [3.8, 4) is 0 Å². The van der Waals surface area contributed by atoms with E-state index in [-0.39, 0.29) is 18.4 Å². The van der Waals surface area contributed by atoms with Crippen molar-refractivity contribution < 1.29 is 9.60 Å². The number of hydrogen-bond donors (Lipinski definition) is 2. The molecule has 5 heteroatoms. The van der Waals surface area contributed by atoms with Crippen molar-refractivity contribution in [3.63, 3.8) is 0 Å². The van der Waals surface area contributed by atoms with Crippen LogP contribution >= 0.6 is 0 Å². The summed E-state index contributed by atoms with van der Waals surface area (Å²) in [6, 6.07) is 0. The van der Waals surface area contributed by atoms with E-state index in [9.17, 15) is 4.39 Å². The van der Waals surface area contributed by atoms with Crippen molar-refractivity contribution in [1.82, 2.24) is 4.90 Å². The van der Waals surface area contributed by atoms with Crippen molar-refractivity contribution in [1.29, 1.82) is 0 Å². The number of alkyl halides is 1. The van der Waals surface area contributed by atoms with Crippen LogP contribution in [0.1, 0.15) is 12.8 Å². The molecule has 0 amide bonds. The summed E-state index contributed by atoms with van der Waals surface area (Å²) in [6.07, 6.45) is 1.94. The summed E-state index contributed by atoms with van der Waals surface area (Å²) in [4.78, 5) is 2.02. The van der Waals surface area contributed by atoms with Crippen molar-refractivity contribution in [2.24, 2.45) is 16.8 Å². The normalized spacial score (nSPS) is 26.2. The fraction of sp³-hybridized carbons (Fsp3) is 0.875. The summed E-state index contributed by atoms with van der Waals surface area (Å²) in [6.45, 7) is 1.79. The molecule has 1 fully saturated rings. The molecule has 3 N–H and O–H groups in total. The zero-order valence-electron chi connectivity index (χ0n) is 7.62. The molecule has 0 aromatic heterocycles. The highest BCUT2D eigenvalue weighted by Gasteiger charge is 2.19. The molecular weight excluding hydrogens is 173 g/mol. The quantitative estimate of drug-likeness (QED) is 0.292. The number of oxime groups is 1. The average molecular weight is 189 g/mol. The van der Waals surface area contributed by atoms with E-state index in [1.165, 1.54) is 0 Å². The van der Waals surface area contributed by atoms with E-state index >= 15 is 0 Å². The number of rotatable bonds is 3. The molecule has 13 heavy (non-hydrogen) atoms. The summed E-state index contributed by atoms with van der Waals surface area (Å²) < 4.78 is 12.3. The van der Waals surface area contributed by atoms with Gasteiger partial charge in [0.1, 0.15) is 0 Å². The molecule has 0 aromatic carbocycles. The van der Waals surface area contributed by atoms with Crippen molar-refractivity contribution >= 4 is 5.84 Å². The van der Waals surface area contributed by atoms with Gasteiger partial charge in [0.2, 0.25) is 0 Å². The smallest absolute Gasteiger partial charge is 0.153 e. The third-order valence-corrected chi connectivity index (χ3v) is 2.34. The minimum absolute atomic E-state index is 0.125. The van der Waals surface area contributed by atoms with Crippen LogP contribution in [0.3, 0.4) is 0 Å². The molecule has 0 aromatic rings. The maximum Gasteiger partial charge on any atom is 0.153 e. The number of nitrogens with zero attached hydrogens (tertiary/aromatic N) is 2. The van der Waals surface area contributed by atoms with E-state index in [4.69, 9.17) is 10.9 Å². The molecule has 1 heterocycles. The van der Waals surface area contributed by atoms with E-state index in [0.29, 0.717) is 13.1 Å². The Bertz CT molecular complexity index is 186. The fourth-order valence-corrected chi connectivity index (χ4v) is 1.68. The third-order valence-electron chi connectivity index (χ3n) is 2.34. The minimum Gasteiger partial charge on any atom is -0.409 e. The first-order chi connectivity index (χ1) is 6.26. The molecule has 0 radical (unpaired) electrons. The fourth-order valence-electron chi connectivity index (χ4n) is 1.68. The van der Waals surface area contributed by atoms with Crippen LogP contribution in [-0.4, -0.2) is 42.3 Å². The predicted octanol–water partition coefficient (Wildman–Crippen LogP) is 0.414.